The lowest BCUT2D eigenvalue weighted by Crippen LogP contribution is -2.49. The molecular weight excluding hydrogens is 242 g/mol. The molecule has 1 N–H and O–H groups in total. The van der Waals surface area contributed by atoms with Gasteiger partial charge in [0.1, 0.15) is 0 Å². The molecular formula is C19H27N. The predicted molar refractivity (Wildman–Crippen MR) is 83.5 cm³/mol. The van der Waals surface area contributed by atoms with Crippen LogP contribution in [0.15, 0.2) is 24.3 Å². The molecule has 1 aromatic rings. The molecule has 0 aromatic heterocycles. The van der Waals surface area contributed by atoms with E-state index in [0.29, 0.717) is 6.04 Å². The first-order valence-corrected chi connectivity index (χ1v) is 8.48. The van der Waals surface area contributed by atoms with E-state index in [4.69, 9.17) is 0 Å². The van der Waals surface area contributed by atoms with Gasteiger partial charge in [0.05, 0.1) is 0 Å². The minimum Gasteiger partial charge on any atom is -0.313 e. The van der Waals surface area contributed by atoms with Crippen molar-refractivity contribution in [2.24, 2.45) is 29.6 Å². The van der Waals surface area contributed by atoms with Gasteiger partial charge in [0.25, 0.3) is 0 Å². The van der Waals surface area contributed by atoms with Gasteiger partial charge in [-0.1, -0.05) is 29.8 Å². The Balaban J connectivity index is 1.63. The van der Waals surface area contributed by atoms with Crippen molar-refractivity contribution < 1.29 is 0 Å². The maximum atomic E-state index is 3.67. The fraction of sp³-hybridized carbons (Fsp3) is 0.684. The fourth-order valence-electron chi connectivity index (χ4n) is 5.87. The molecule has 1 heteroatoms. The standard InChI is InChI=1S/C19H27N/c1-12-3-5-15(6-4-12)19(20-2)18-16-8-13-7-14(10-16)11-17(18)9-13/h3-6,13-14,16-20H,7-11H2,1-2H3. The summed E-state index contributed by atoms with van der Waals surface area (Å²) in [7, 11) is 2.16. The lowest BCUT2D eigenvalue weighted by Gasteiger charge is -2.56. The molecule has 20 heavy (non-hydrogen) atoms. The molecule has 4 fully saturated rings. The third kappa shape index (κ3) is 2.02. The van der Waals surface area contributed by atoms with E-state index in [1.807, 2.05) is 0 Å². The summed E-state index contributed by atoms with van der Waals surface area (Å²) < 4.78 is 0. The Labute approximate surface area is 123 Å². The van der Waals surface area contributed by atoms with Crippen LogP contribution in [-0.2, 0) is 0 Å². The van der Waals surface area contributed by atoms with Crippen LogP contribution in [0.4, 0.5) is 0 Å². The molecule has 0 radical (unpaired) electrons. The summed E-state index contributed by atoms with van der Waals surface area (Å²) in [6.07, 6.45) is 7.61. The van der Waals surface area contributed by atoms with Crippen molar-refractivity contribution in [2.45, 2.75) is 45.1 Å². The average Bonchev–Trinajstić information content (AvgIpc) is 2.43. The summed E-state index contributed by atoms with van der Waals surface area (Å²) in [6.45, 7) is 2.18. The molecule has 0 heterocycles. The van der Waals surface area contributed by atoms with Crippen molar-refractivity contribution in [3.63, 3.8) is 0 Å². The van der Waals surface area contributed by atoms with Crippen molar-refractivity contribution in [1.82, 2.24) is 5.32 Å². The van der Waals surface area contributed by atoms with Crippen LogP contribution < -0.4 is 5.32 Å². The molecule has 0 aliphatic heterocycles. The quantitative estimate of drug-likeness (QED) is 0.861. The van der Waals surface area contributed by atoms with Crippen molar-refractivity contribution in [3.8, 4) is 0 Å². The second kappa shape index (κ2) is 4.87. The number of hydrogen-bond acceptors (Lipinski definition) is 1. The van der Waals surface area contributed by atoms with Crippen molar-refractivity contribution in [1.29, 1.82) is 0 Å². The van der Waals surface area contributed by atoms with E-state index in [9.17, 15) is 0 Å². The second-order valence-corrected chi connectivity index (χ2v) is 7.69. The lowest BCUT2D eigenvalue weighted by molar-refractivity contribution is -0.0515. The average molecular weight is 269 g/mol. The van der Waals surface area contributed by atoms with Crippen LogP contribution in [0, 0.1) is 36.5 Å². The normalized spacial score (nSPS) is 40.0. The highest BCUT2D eigenvalue weighted by molar-refractivity contribution is 5.25. The molecule has 108 valence electrons. The zero-order chi connectivity index (χ0) is 13.7. The topological polar surface area (TPSA) is 12.0 Å². The van der Waals surface area contributed by atoms with Gasteiger partial charge < -0.3 is 5.32 Å². The number of aryl methyl sites for hydroxylation is 1. The summed E-state index contributed by atoms with van der Waals surface area (Å²) in [6, 6.07) is 9.82. The highest BCUT2D eigenvalue weighted by atomic mass is 14.9. The lowest BCUT2D eigenvalue weighted by atomic mass is 9.50. The predicted octanol–water partition coefficient (Wildman–Crippen LogP) is 4.33. The van der Waals surface area contributed by atoms with E-state index in [1.54, 1.807) is 6.42 Å². The van der Waals surface area contributed by atoms with E-state index in [-0.39, 0.29) is 0 Å². The second-order valence-electron chi connectivity index (χ2n) is 7.69. The maximum absolute atomic E-state index is 3.67. The van der Waals surface area contributed by atoms with Gasteiger partial charge in [-0.2, -0.15) is 0 Å². The smallest absolute Gasteiger partial charge is 0.0351 e. The Morgan fingerprint density at radius 2 is 1.45 bits per heavy atom. The summed E-state index contributed by atoms with van der Waals surface area (Å²) in [5, 5.41) is 3.67. The Morgan fingerprint density at radius 1 is 0.900 bits per heavy atom. The van der Waals surface area contributed by atoms with Gasteiger partial charge >= 0.3 is 0 Å². The molecule has 4 aliphatic carbocycles. The van der Waals surface area contributed by atoms with Gasteiger partial charge in [-0.3, -0.25) is 0 Å². The summed E-state index contributed by atoms with van der Waals surface area (Å²) >= 11 is 0. The fourth-order valence-corrected chi connectivity index (χ4v) is 5.87. The van der Waals surface area contributed by atoms with Crippen LogP contribution >= 0.6 is 0 Å². The van der Waals surface area contributed by atoms with Crippen LogP contribution in [0.25, 0.3) is 0 Å². The monoisotopic (exact) mass is 269 g/mol. The zero-order valence-corrected chi connectivity index (χ0v) is 12.8. The first-order chi connectivity index (χ1) is 9.74. The maximum Gasteiger partial charge on any atom is 0.0351 e. The van der Waals surface area contributed by atoms with Crippen LogP contribution in [0.1, 0.15) is 49.3 Å². The highest BCUT2D eigenvalue weighted by Gasteiger charge is 2.50. The molecule has 1 atom stereocenters. The van der Waals surface area contributed by atoms with Crippen LogP contribution in [0.2, 0.25) is 0 Å². The van der Waals surface area contributed by atoms with Gasteiger partial charge in [0.2, 0.25) is 0 Å². The first-order valence-electron chi connectivity index (χ1n) is 8.48. The Kier molecular flexibility index (Phi) is 3.14. The van der Waals surface area contributed by atoms with E-state index in [0.717, 1.165) is 29.6 Å². The van der Waals surface area contributed by atoms with Crippen molar-refractivity contribution >= 4 is 0 Å². The van der Waals surface area contributed by atoms with Gasteiger partial charge in [-0.15, -0.1) is 0 Å². The molecule has 1 unspecified atom stereocenters. The molecule has 1 aromatic carbocycles. The molecule has 4 bridgehead atoms. The third-order valence-corrected chi connectivity index (χ3v) is 6.43. The van der Waals surface area contributed by atoms with Crippen LogP contribution in [0.3, 0.4) is 0 Å². The highest BCUT2D eigenvalue weighted by Crippen LogP contribution is 2.59. The minimum absolute atomic E-state index is 0.575. The summed E-state index contributed by atoms with van der Waals surface area (Å²) in [5.41, 5.74) is 2.88. The first kappa shape index (κ1) is 12.9. The number of hydrogen-bond donors (Lipinski definition) is 1. The SMILES string of the molecule is CNC(c1ccc(C)cc1)C1C2CC3CC(C2)CC1C3. The van der Waals surface area contributed by atoms with Gasteiger partial charge in [0, 0.05) is 6.04 Å². The number of rotatable bonds is 3. The van der Waals surface area contributed by atoms with Gasteiger partial charge in [-0.25, -0.2) is 0 Å². The molecule has 0 spiro atoms. The molecule has 1 nitrogen and oxygen atoms in total. The Morgan fingerprint density at radius 3 is 1.95 bits per heavy atom. The van der Waals surface area contributed by atoms with Crippen molar-refractivity contribution in [2.75, 3.05) is 7.05 Å². The zero-order valence-electron chi connectivity index (χ0n) is 12.8. The third-order valence-electron chi connectivity index (χ3n) is 6.43. The van der Waals surface area contributed by atoms with Crippen LogP contribution in [0.5, 0.6) is 0 Å². The molecule has 5 rings (SSSR count). The van der Waals surface area contributed by atoms with E-state index in [1.165, 1.54) is 36.8 Å². The largest absolute Gasteiger partial charge is 0.313 e. The molecule has 4 aliphatic rings. The van der Waals surface area contributed by atoms with E-state index in [2.05, 4.69) is 43.6 Å². The van der Waals surface area contributed by atoms with Crippen LogP contribution in [-0.4, -0.2) is 7.05 Å². The Hall–Kier alpha value is -0.820. The Bertz CT molecular complexity index is 447. The summed E-state index contributed by atoms with van der Waals surface area (Å²) in [4.78, 5) is 0. The van der Waals surface area contributed by atoms with E-state index < -0.39 is 0 Å². The molecule has 0 amide bonds. The summed E-state index contributed by atoms with van der Waals surface area (Å²) in [5.74, 6) is 5.01. The molecule has 4 saturated carbocycles. The minimum atomic E-state index is 0.575. The van der Waals surface area contributed by atoms with Gasteiger partial charge in [-0.05, 0) is 81.2 Å². The van der Waals surface area contributed by atoms with Gasteiger partial charge in [0.15, 0.2) is 0 Å². The van der Waals surface area contributed by atoms with E-state index >= 15 is 0 Å². The number of nitrogens with one attached hydrogen (secondary N) is 1. The molecule has 0 saturated heterocycles. The van der Waals surface area contributed by atoms with Crippen molar-refractivity contribution in [3.05, 3.63) is 35.4 Å². The number of benzene rings is 1.